The highest BCUT2D eigenvalue weighted by molar-refractivity contribution is 6.16. The Bertz CT molecular complexity index is 1860. The molecule has 0 amide bonds. The Labute approximate surface area is 251 Å². The standard InChI is InChI=1S/C40H46NO/c1-24(2)18-27-13-15-30-32(20-27)25(3)36-38-37-31(16-17-41(38)7)33-21-28(19-26-10-8-9-11-26)12-14-29(33)22-35(37)42-39(36)34(30)23-40(4,5)6/h12-17,20-22,24,26H,8-11,18-19,23H2,1-7H3/q+1. The zero-order valence-electron chi connectivity index (χ0n) is 26.7. The first-order valence-corrected chi connectivity index (χ1v) is 16.2. The number of hydrogen-bond donors (Lipinski definition) is 0. The van der Waals surface area contributed by atoms with Crippen molar-refractivity contribution in [3.05, 3.63) is 77.0 Å². The van der Waals surface area contributed by atoms with Gasteiger partial charge in [-0.05, 0) is 87.7 Å². The van der Waals surface area contributed by atoms with E-state index in [2.05, 4.69) is 108 Å². The monoisotopic (exact) mass is 556 g/mol. The Kier molecular flexibility index (Phi) is 6.61. The first kappa shape index (κ1) is 27.4. The van der Waals surface area contributed by atoms with Crippen molar-refractivity contribution in [3.8, 4) is 22.8 Å². The van der Waals surface area contributed by atoms with E-state index in [0.29, 0.717) is 5.92 Å². The fourth-order valence-corrected chi connectivity index (χ4v) is 7.91. The van der Waals surface area contributed by atoms with Gasteiger partial charge in [-0.25, -0.2) is 4.57 Å². The predicted molar refractivity (Wildman–Crippen MR) is 178 cm³/mol. The molecule has 1 aliphatic heterocycles. The van der Waals surface area contributed by atoms with Crippen LogP contribution >= 0.6 is 0 Å². The zero-order chi connectivity index (χ0) is 29.3. The summed E-state index contributed by atoms with van der Waals surface area (Å²) in [6.45, 7) is 14.0. The van der Waals surface area contributed by atoms with Gasteiger partial charge in [0.25, 0.3) is 0 Å². The second-order valence-electron chi connectivity index (χ2n) is 15.0. The lowest BCUT2D eigenvalue weighted by molar-refractivity contribution is -0.659. The molecule has 5 aromatic rings. The van der Waals surface area contributed by atoms with E-state index in [4.69, 9.17) is 4.74 Å². The maximum atomic E-state index is 7.10. The zero-order valence-corrected chi connectivity index (χ0v) is 26.7. The molecular formula is C40H46NO+. The topological polar surface area (TPSA) is 13.1 Å². The van der Waals surface area contributed by atoms with Crippen molar-refractivity contribution in [2.45, 2.75) is 86.5 Å². The van der Waals surface area contributed by atoms with E-state index in [1.54, 1.807) is 0 Å². The number of aryl methyl sites for hydroxylation is 2. The summed E-state index contributed by atoms with van der Waals surface area (Å²) in [6.07, 6.45) is 11.1. The molecule has 4 aromatic carbocycles. The second-order valence-corrected chi connectivity index (χ2v) is 15.0. The molecule has 0 unspecified atom stereocenters. The molecule has 0 atom stereocenters. The minimum atomic E-state index is 0.128. The van der Waals surface area contributed by atoms with Crippen LogP contribution in [0.15, 0.2) is 54.7 Å². The van der Waals surface area contributed by atoms with Gasteiger partial charge in [0.1, 0.15) is 18.5 Å². The van der Waals surface area contributed by atoms with Gasteiger partial charge in [-0.2, -0.15) is 0 Å². The minimum Gasteiger partial charge on any atom is -0.455 e. The van der Waals surface area contributed by atoms with Crippen LogP contribution in [-0.4, -0.2) is 0 Å². The third kappa shape index (κ3) is 4.68. The van der Waals surface area contributed by atoms with Gasteiger partial charge in [0.2, 0.25) is 5.69 Å². The number of rotatable bonds is 5. The molecule has 216 valence electrons. The molecule has 2 heterocycles. The van der Waals surface area contributed by atoms with Gasteiger partial charge in [-0.3, -0.25) is 0 Å². The van der Waals surface area contributed by atoms with Gasteiger partial charge >= 0.3 is 0 Å². The minimum absolute atomic E-state index is 0.128. The number of hydrogen-bond acceptors (Lipinski definition) is 1. The van der Waals surface area contributed by atoms with Gasteiger partial charge in [-0.15, -0.1) is 0 Å². The molecule has 0 bridgehead atoms. The summed E-state index contributed by atoms with van der Waals surface area (Å²) in [5.41, 5.74) is 8.24. The normalized spacial score (nSPS) is 15.2. The van der Waals surface area contributed by atoms with Gasteiger partial charge in [-0.1, -0.05) is 96.7 Å². The second kappa shape index (κ2) is 10.1. The smallest absolute Gasteiger partial charge is 0.228 e. The Morgan fingerprint density at radius 1 is 0.881 bits per heavy atom. The molecule has 1 aliphatic carbocycles. The van der Waals surface area contributed by atoms with Gasteiger partial charge in [0.05, 0.1) is 10.9 Å². The van der Waals surface area contributed by atoms with Crippen molar-refractivity contribution >= 4 is 32.3 Å². The Morgan fingerprint density at radius 2 is 1.62 bits per heavy atom. The number of ether oxygens (including phenoxy) is 1. The quantitative estimate of drug-likeness (QED) is 0.152. The largest absolute Gasteiger partial charge is 0.455 e. The van der Waals surface area contributed by atoms with Crippen molar-refractivity contribution in [1.29, 1.82) is 0 Å². The Balaban J connectivity index is 1.51. The molecular weight excluding hydrogens is 510 g/mol. The average molecular weight is 557 g/mol. The molecule has 2 heteroatoms. The van der Waals surface area contributed by atoms with Crippen LogP contribution in [0.1, 0.15) is 82.6 Å². The van der Waals surface area contributed by atoms with Crippen molar-refractivity contribution in [2.75, 3.05) is 0 Å². The van der Waals surface area contributed by atoms with Gasteiger partial charge in [0.15, 0.2) is 6.20 Å². The number of benzene rings is 4. The highest BCUT2D eigenvalue weighted by Crippen LogP contribution is 2.53. The third-order valence-corrected chi connectivity index (χ3v) is 9.75. The van der Waals surface area contributed by atoms with Crippen LogP contribution in [0.3, 0.4) is 0 Å². The van der Waals surface area contributed by atoms with E-state index >= 15 is 0 Å². The van der Waals surface area contributed by atoms with Crippen LogP contribution in [0.25, 0.3) is 43.6 Å². The van der Waals surface area contributed by atoms with E-state index in [-0.39, 0.29) is 5.41 Å². The summed E-state index contributed by atoms with van der Waals surface area (Å²) in [6, 6.07) is 18.9. The Hall–Kier alpha value is -3.39. The van der Waals surface area contributed by atoms with Crippen molar-refractivity contribution in [1.82, 2.24) is 0 Å². The van der Waals surface area contributed by atoms with E-state index < -0.39 is 0 Å². The molecule has 1 aromatic heterocycles. The molecule has 0 saturated heterocycles. The van der Waals surface area contributed by atoms with E-state index in [0.717, 1.165) is 30.3 Å². The first-order chi connectivity index (χ1) is 20.1. The summed E-state index contributed by atoms with van der Waals surface area (Å²) in [4.78, 5) is 0. The van der Waals surface area contributed by atoms with Crippen molar-refractivity contribution in [2.24, 2.45) is 24.3 Å². The molecule has 7 rings (SSSR count). The molecule has 42 heavy (non-hydrogen) atoms. The summed E-state index contributed by atoms with van der Waals surface area (Å²) in [7, 11) is 2.20. The van der Waals surface area contributed by atoms with Crippen LogP contribution in [0, 0.1) is 24.2 Å². The molecule has 0 radical (unpaired) electrons. The summed E-state index contributed by atoms with van der Waals surface area (Å²) < 4.78 is 9.43. The number of pyridine rings is 1. The van der Waals surface area contributed by atoms with Crippen molar-refractivity contribution in [3.63, 3.8) is 0 Å². The number of fused-ring (bicyclic) bond motifs is 5. The molecule has 0 spiro atoms. The SMILES string of the molecule is Cc1c2c(c(CC(C)(C)C)c3ccc(CC(C)C)cc13)Oc1cc3ccc(CC4CCCC4)cc3c3cc[n+](C)c-2c13. The van der Waals surface area contributed by atoms with E-state index in [1.165, 1.54) is 97.9 Å². The highest BCUT2D eigenvalue weighted by atomic mass is 16.5. The first-order valence-electron chi connectivity index (χ1n) is 16.2. The number of aromatic nitrogens is 1. The molecule has 0 N–H and O–H groups in total. The maximum Gasteiger partial charge on any atom is 0.228 e. The van der Waals surface area contributed by atoms with Crippen LogP contribution in [0.5, 0.6) is 11.5 Å². The van der Waals surface area contributed by atoms with E-state index in [9.17, 15) is 0 Å². The molecule has 2 aliphatic rings. The summed E-state index contributed by atoms with van der Waals surface area (Å²) in [5.74, 6) is 3.51. The highest BCUT2D eigenvalue weighted by Gasteiger charge is 2.34. The lowest BCUT2D eigenvalue weighted by Crippen LogP contribution is -2.32. The fourth-order valence-electron chi connectivity index (χ4n) is 7.91. The van der Waals surface area contributed by atoms with Crippen LogP contribution in [0.4, 0.5) is 0 Å². The lowest BCUT2D eigenvalue weighted by atomic mass is 9.81. The molecule has 1 saturated carbocycles. The molecule has 2 nitrogen and oxygen atoms in total. The van der Waals surface area contributed by atoms with Gasteiger partial charge in [0, 0.05) is 17.0 Å². The lowest BCUT2D eigenvalue weighted by Gasteiger charge is -2.28. The Morgan fingerprint density at radius 3 is 2.36 bits per heavy atom. The fraction of sp³-hybridized carbons (Fsp3) is 0.425. The number of nitrogens with zero attached hydrogens (tertiary/aromatic N) is 1. The van der Waals surface area contributed by atoms with Crippen LogP contribution in [0.2, 0.25) is 0 Å². The van der Waals surface area contributed by atoms with Crippen LogP contribution < -0.4 is 9.30 Å². The summed E-state index contributed by atoms with van der Waals surface area (Å²) in [5, 5.41) is 7.88. The molecule has 1 fully saturated rings. The van der Waals surface area contributed by atoms with Gasteiger partial charge < -0.3 is 4.74 Å². The van der Waals surface area contributed by atoms with Crippen molar-refractivity contribution < 1.29 is 9.30 Å². The van der Waals surface area contributed by atoms with E-state index in [1.807, 2.05) is 0 Å². The predicted octanol–water partition coefficient (Wildman–Crippen LogP) is 10.6. The maximum absolute atomic E-state index is 7.10. The third-order valence-electron chi connectivity index (χ3n) is 9.75. The van der Waals surface area contributed by atoms with Crippen LogP contribution in [-0.2, 0) is 26.3 Å². The summed E-state index contributed by atoms with van der Waals surface area (Å²) >= 11 is 0. The average Bonchev–Trinajstić information content (AvgIpc) is 3.44.